The van der Waals surface area contributed by atoms with Gasteiger partial charge in [0.25, 0.3) is 0 Å². The van der Waals surface area contributed by atoms with Gasteiger partial charge in [-0.3, -0.25) is 9.48 Å². The predicted octanol–water partition coefficient (Wildman–Crippen LogP) is 0.497. The number of nitrogens with zero attached hydrogens (tertiary/aromatic N) is 2. The molecule has 0 aliphatic heterocycles. The van der Waals surface area contributed by atoms with Gasteiger partial charge < -0.3 is 15.7 Å². The molecule has 20 heavy (non-hydrogen) atoms. The molecule has 0 saturated carbocycles. The normalized spacial score (nSPS) is 11.7. The van der Waals surface area contributed by atoms with Gasteiger partial charge in [0.2, 0.25) is 5.91 Å². The highest BCUT2D eigenvalue weighted by Crippen LogP contribution is 2.12. The lowest BCUT2D eigenvalue weighted by Gasteiger charge is -2.20. The van der Waals surface area contributed by atoms with Gasteiger partial charge in [0, 0.05) is 23.3 Å². The fraction of sp³-hybridized carbons (Fsp3) is 0.714. The van der Waals surface area contributed by atoms with Crippen molar-refractivity contribution in [1.82, 2.24) is 20.4 Å². The number of nitrogens with one attached hydrogen (secondary N) is 2. The summed E-state index contributed by atoms with van der Waals surface area (Å²) in [5.41, 5.74) is 2.83. The van der Waals surface area contributed by atoms with Crippen molar-refractivity contribution in [1.29, 1.82) is 0 Å². The van der Waals surface area contributed by atoms with E-state index in [4.69, 9.17) is 5.11 Å². The zero-order chi connectivity index (χ0) is 15.3. The van der Waals surface area contributed by atoms with Crippen molar-refractivity contribution in [2.45, 2.75) is 53.2 Å². The third kappa shape index (κ3) is 4.94. The number of carbonyl (C=O) groups excluding carboxylic acids is 1. The van der Waals surface area contributed by atoms with E-state index in [9.17, 15) is 4.79 Å². The van der Waals surface area contributed by atoms with E-state index < -0.39 is 0 Å². The highest BCUT2D eigenvalue weighted by molar-refractivity contribution is 5.78. The molecule has 0 aliphatic rings. The van der Waals surface area contributed by atoms with Crippen molar-refractivity contribution in [2.24, 2.45) is 0 Å². The van der Waals surface area contributed by atoms with E-state index in [1.807, 2.05) is 34.6 Å². The summed E-state index contributed by atoms with van der Waals surface area (Å²) in [5, 5.41) is 19.4. The second-order valence-electron chi connectivity index (χ2n) is 6.00. The number of carbonyl (C=O) groups is 1. The summed E-state index contributed by atoms with van der Waals surface area (Å²) in [5.74, 6) is -0.0180. The van der Waals surface area contributed by atoms with E-state index in [0.717, 1.165) is 17.0 Å². The van der Waals surface area contributed by atoms with Crippen LogP contribution in [-0.4, -0.2) is 39.5 Å². The van der Waals surface area contributed by atoms with Gasteiger partial charge in [-0.15, -0.1) is 0 Å². The van der Waals surface area contributed by atoms with Crippen molar-refractivity contribution in [2.75, 3.05) is 13.2 Å². The lowest BCUT2D eigenvalue weighted by atomic mass is 10.1. The van der Waals surface area contributed by atoms with Gasteiger partial charge in [-0.05, 0) is 34.6 Å². The van der Waals surface area contributed by atoms with Gasteiger partial charge in [-0.2, -0.15) is 5.10 Å². The van der Waals surface area contributed by atoms with Gasteiger partial charge in [-0.25, -0.2) is 0 Å². The Labute approximate surface area is 120 Å². The summed E-state index contributed by atoms with van der Waals surface area (Å²) in [6.45, 7) is 11.2. The standard InChI is InChI=1S/C14H26N4O2/c1-10-12(11(2)18(17-10)6-7-19)8-15-9-13(20)16-14(3,4)5/h15,19H,6-9H2,1-5H3,(H,16,20). The Bertz CT molecular complexity index is 460. The molecular formula is C14H26N4O2. The molecule has 1 rings (SSSR count). The Balaban J connectivity index is 2.52. The van der Waals surface area contributed by atoms with Crippen LogP contribution in [0.3, 0.4) is 0 Å². The number of aliphatic hydroxyl groups excluding tert-OH is 1. The lowest BCUT2D eigenvalue weighted by molar-refractivity contribution is -0.121. The average Bonchev–Trinajstić information content (AvgIpc) is 2.55. The molecule has 6 heteroatoms. The molecule has 0 aliphatic carbocycles. The first-order valence-corrected chi connectivity index (χ1v) is 6.90. The molecule has 0 spiro atoms. The maximum absolute atomic E-state index is 11.7. The van der Waals surface area contributed by atoms with Crippen molar-refractivity contribution in [3.05, 3.63) is 17.0 Å². The maximum Gasteiger partial charge on any atom is 0.234 e. The molecule has 0 radical (unpaired) electrons. The van der Waals surface area contributed by atoms with Crippen molar-refractivity contribution >= 4 is 5.91 Å². The van der Waals surface area contributed by atoms with Gasteiger partial charge in [0.1, 0.15) is 0 Å². The second kappa shape index (κ2) is 6.85. The first-order valence-electron chi connectivity index (χ1n) is 6.90. The third-order valence-corrected chi connectivity index (χ3v) is 2.94. The molecule has 114 valence electrons. The molecule has 3 N–H and O–H groups in total. The molecule has 6 nitrogen and oxygen atoms in total. The number of aromatic nitrogens is 2. The van der Waals surface area contributed by atoms with Gasteiger partial charge in [-0.1, -0.05) is 0 Å². The molecule has 1 amide bonds. The molecule has 0 aromatic carbocycles. The molecule has 0 fully saturated rings. The maximum atomic E-state index is 11.7. The van der Waals surface area contributed by atoms with Crippen LogP contribution in [0.1, 0.15) is 37.7 Å². The Morgan fingerprint density at radius 3 is 2.55 bits per heavy atom. The van der Waals surface area contributed by atoms with Crippen LogP contribution in [0.2, 0.25) is 0 Å². The highest BCUT2D eigenvalue weighted by atomic mass is 16.3. The Morgan fingerprint density at radius 2 is 2.00 bits per heavy atom. The summed E-state index contributed by atoms with van der Waals surface area (Å²) in [7, 11) is 0. The predicted molar refractivity (Wildman–Crippen MR) is 78.4 cm³/mol. The third-order valence-electron chi connectivity index (χ3n) is 2.94. The van der Waals surface area contributed by atoms with Crippen molar-refractivity contribution in [3.63, 3.8) is 0 Å². The van der Waals surface area contributed by atoms with E-state index in [1.54, 1.807) is 4.68 Å². The zero-order valence-electron chi connectivity index (χ0n) is 13.1. The van der Waals surface area contributed by atoms with E-state index >= 15 is 0 Å². The van der Waals surface area contributed by atoms with Crippen LogP contribution in [0.15, 0.2) is 0 Å². The minimum Gasteiger partial charge on any atom is -0.394 e. The van der Waals surface area contributed by atoms with Gasteiger partial charge >= 0.3 is 0 Å². The second-order valence-corrected chi connectivity index (χ2v) is 6.00. The number of aliphatic hydroxyl groups is 1. The minimum absolute atomic E-state index is 0.0180. The van der Waals surface area contributed by atoms with E-state index in [2.05, 4.69) is 15.7 Å². The SMILES string of the molecule is Cc1nn(CCO)c(C)c1CNCC(=O)NC(C)(C)C. The van der Waals surface area contributed by atoms with Crippen LogP contribution in [0, 0.1) is 13.8 Å². The van der Waals surface area contributed by atoms with Gasteiger partial charge in [0.15, 0.2) is 0 Å². The molecule has 1 aromatic rings. The van der Waals surface area contributed by atoms with Crippen molar-refractivity contribution in [3.8, 4) is 0 Å². The van der Waals surface area contributed by atoms with E-state index in [0.29, 0.717) is 13.1 Å². The summed E-state index contributed by atoms with van der Waals surface area (Å²) in [4.78, 5) is 11.7. The zero-order valence-corrected chi connectivity index (χ0v) is 13.1. The first kappa shape index (κ1) is 16.7. The summed E-state index contributed by atoms with van der Waals surface area (Å²) in [6.07, 6.45) is 0. The molecule has 0 saturated heterocycles. The average molecular weight is 282 g/mol. The Hall–Kier alpha value is -1.40. The quantitative estimate of drug-likeness (QED) is 0.710. The number of aryl methyl sites for hydroxylation is 1. The minimum atomic E-state index is -0.212. The van der Waals surface area contributed by atoms with Crippen LogP contribution >= 0.6 is 0 Å². The summed E-state index contributed by atoms with van der Waals surface area (Å²) < 4.78 is 1.79. The fourth-order valence-corrected chi connectivity index (χ4v) is 2.07. The van der Waals surface area contributed by atoms with Gasteiger partial charge in [0.05, 0.1) is 25.4 Å². The molecular weight excluding hydrogens is 256 g/mol. The van der Waals surface area contributed by atoms with Crippen LogP contribution < -0.4 is 10.6 Å². The molecule has 1 aromatic heterocycles. The number of hydrogen-bond acceptors (Lipinski definition) is 4. The smallest absolute Gasteiger partial charge is 0.234 e. The van der Waals surface area contributed by atoms with Crippen LogP contribution in [0.5, 0.6) is 0 Å². The van der Waals surface area contributed by atoms with Crippen LogP contribution in [0.4, 0.5) is 0 Å². The number of hydrogen-bond donors (Lipinski definition) is 3. The van der Waals surface area contributed by atoms with Crippen LogP contribution in [0.25, 0.3) is 0 Å². The number of rotatable bonds is 6. The largest absolute Gasteiger partial charge is 0.394 e. The Kier molecular flexibility index (Phi) is 5.71. The topological polar surface area (TPSA) is 79.2 Å². The van der Waals surface area contributed by atoms with Crippen molar-refractivity contribution < 1.29 is 9.90 Å². The molecule has 0 bridgehead atoms. The Morgan fingerprint density at radius 1 is 1.35 bits per heavy atom. The monoisotopic (exact) mass is 282 g/mol. The highest BCUT2D eigenvalue weighted by Gasteiger charge is 2.14. The molecule has 0 atom stereocenters. The van der Waals surface area contributed by atoms with Crippen LogP contribution in [-0.2, 0) is 17.9 Å². The van der Waals surface area contributed by atoms with E-state index in [-0.39, 0.29) is 24.6 Å². The summed E-state index contributed by atoms with van der Waals surface area (Å²) >= 11 is 0. The summed E-state index contributed by atoms with van der Waals surface area (Å²) in [6, 6.07) is 0. The molecule has 0 unspecified atom stereocenters. The molecule has 1 heterocycles. The first-order chi connectivity index (χ1) is 9.24. The van der Waals surface area contributed by atoms with E-state index in [1.165, 1.54) is 0 Å². The number of amides is 1. The fourth-order valence-electron chi connectivity index (χ4n) is 2.07. The lowest BCUT2D eigenvalue weighted by Crippen LogP contribution is -2.44.